The smallest absolute Gasteiger partial charge is 0.693 e. The molecular formula is CH4CuF3IN2S-3. The van der Waals surface area contributed by atoms with E-state index in [0.717, 1.165) is 0 Å². The minimum absolute atomic E-state index is 0. The minimum Gasteiger partial charge on any atom is -0.693 e. The summed E-state index contributed by atoms with van der Waals surface area (Å²) in [4.78, 5) is 0. The van der Waals surface area contributed by atoms with E-state index in [-0.39, 0.29) is 12.3 Å². The van der Waals surface area contributed by atoms with E-state index < -0.39 is 5.51 Å². The van der Waals surface area contributed by atoms with Gasteiger partial charge in [0.2, 0.25) is 0 Å². The number of hydrogen-bond acceptors (Lipinski definition) is 1. The summed E-state index contributed by atoms with van der Waals surface area (Å²) in [7, 11) is 0. The third-order valence-electron chi connectivity index (χ3n) is 0. The Balaban J connectivity index is -0.0000000286. The van der Waals surface area contributed by atoms with Crippen LogP contribution in [0.5, 0.6) is 0 Å². The largest absolute Gasteiger partial charge is 0.693 e. The summed E-state index contributed by atoms with van der Waals surface area (Å²) < 4.78 is 30.5. The van der Waals surface area contributed by atoms with E-state index in [1.165, 1.54) is 0 Å². The molecule has 0 aromatic carbocycles. The third kappa shape index (κ3) is 290. The second kappa shape index (κ2) is 12.0. The first-order valence-corrected chi connectivity index (χ1v) is 4.33. The van der Waals surface area contributed by atoms with Gasteiger partial charge in [-0.1, -0.05) is 0 Å². The average molecular weight is 324 g/mol. The van der Waals surface area contributed by atoms with Gasteiger partial charge in [-0.25, -0.2) is 0 Å². The number of nitrogens with two attached hydrogens (primary N) is 2. The summed E-state index contributed by atoms with van der Waals surface area (Å²) in [6, 6.07) is 0. The van der Waals surface area contributed by atoms with Gasteiger partial charge in [0.25, 0.3) is 5.51 Å². The van der Waals surface area contributed by atoms with Crippen molar-refractivity contribution in [2.45, 2.75) is 5.51 Å². The molecule has 0 rings (SSSR count). The molecular weight excluding hydrogens is 320 g/mol. The molecule has 0 saturated carbocycles. The fraction of sp³-hybridized carbons (Fsp3) is 1.00. The van der Waals surface area contributed by atoms with Gasteiger partial charge >= 0.3 is 33.1 Å². The van der Waals surface area contributed by atoms with Crippen LogP contribution in [0.1, 0.15) is 0 Å². The van der Waals surface area contributed by atoms with Crippen LogP contribution in [0.25, 0.3) is 12.3 Å². The summed E-state index contributed by atoms with van der Waals surface area (Å²) in [6.45, 7) is 0. The monoisotopic (exact) mass is 323 g/mol. The molecule has 8 heteroatoms. The van der Waals surface area contributed by atoms with Crippen LogP contribution in [-0.2, 0) is 25.4 Å². The Labute approximate surface area is 76.5 Å². The molecule has 0 amide bonds. The van der Waals surface area contributed by atoms with Gasteiger partial charge in [-0.05, 0) is 0 Å². The van der Waals surface area contributed by atoms with Gasteiger partial charge in [0.15, 0.2) is 0 Å². The molecule has 0 fully saturated rings. The van der Waals surface area contributed by atoms with Crippen LogP contribution in [0.15, 0.2) is 0 Å². The van der Waals surface area contributed by atoms with E-state index in [1.807, 2.05) is 0 Å². The zero-order valence-corrected chi connectivity index (χ0v) is 7.79. The van der Waals surface area contributed by atoms with Crippen molar-refractivity contribution < 1.29 is 25.9 Å². The van der Waals surface area contributed by atoms with Gasteiger partial charge in [0.05, 0.1) is 0 Å². The molecule has 2 nitrogen and oxygen atoms in total. The zero-order valence-electron chi connectivity index (χ0n) is 3.88. The van der Waals surface area contributed by atoms with Crippen molar-refractivity contribution in [1.82, 2.24) is 0 Å². The van der Waals surface area contributed by atoms with Crippen LogP contribution in [0.2, 0.25) is 0 Å². The quantitative estimate of drug-likeness (QED) is 0.383. The normalized spacial score (nSPS) is 7.44. The van der Waals surface area contributed by atoms with Crippen molar-refractivity contribution in [3.8, 4) is 0 Å². The fourth-order valence-corrected chi connectivity index (χ4v) is 0. The van der Waals surface area contributed by atoms with Gasteiger partial charge in [-0.15, -0.1) is 0 Å². The molecule has 0 saturated heterocycles. The van der Waals surface area contributed by atoms with Crippen molar-refractivity contribution in [2.24, 2.45) is 0 Å². The summed E-state index contributed by atoms with van der Waals surface area (Å²) in [6.07, 6.45) is 0. The molecule has 0 aliphatic rings. The first kappa shape index (κ1) is 22.4. The molecule has 0 heterocycles. The maximum absolute atomic E-state index is 10.2. The Morgan fingerprint density at radius 1 is 1.11 bits per heavy atom. The van der Waals surface area contributed by atoms with Gasteiger partial charge < -0.3 is 24.9 Å². The molecule has 4 N–H and O–H groups in total. The Hall–Kier alpha value is 1.31. The Morgan fingerprint density at radius 2 is 1.11 bits per heavy atom. The fourth-order valence-electron chi connectivity index (χ4n) is 0. The van der Waals surface area contributed by atoms with Crippen molar-refractivity contribution in [3.63, 3.8) is 0 Å². The van der Waals surface area contributed by atoms with E-state index in [4.69, 9.17) is 0 Å². The summed E-state index contributed by atoms with van der Waals surface area (Å²) >= 11 is 8.70. The van der Waals surface area contributed by atoms with Crippen LogP contribution >= 0.6 is 20.3 Å². The van der Waals surface area contributed by atoms with Crippen LogP contribution < -0.4 is 0 Å². The van der Waals surface area contributed by atoms with E-state index in [9.17, 15) is 13.2 Å². The first-order valence-electron chi connectivity index (χ1n) is 0.885. The number of halogens is 4. The minimum atomic E-state index is -4.42. The van der Waals surface area contributed by atoms with E-state index in [0.29, 0.717) is 0 Å². The molecule has 0 aromatic heterocycles. The third-order valence-corrected chi connectivity index (χ3v) is 0. The number of alkyl halides is 3. The predicted molar refractivity (Wildman–Crippen MR) is 38.0 cm³/mol. The maximum atomic E-state index is 10.2. The van der Waals surface area contributed by atoms with Crippen LogP contribution in [-0.4, -0.2) is 5.51 Å². The van der Waals surface area contributed by atoms with E-state index >= 15 is 0 Å². The van der Waals surface area contributed by atoms with Crippen molar-refractivity contribution in [3.05, 3.63) is 12.3 Å². The predicted octanol–water partition coefficient (Wildman–Crippen LogP) is 3.37. The second-order valence-corrected chi connectivity index (χ2v) is 0.909. The molecule has 9 heavy (non-hydrogen) atoms. The Kier molecular flexibility index (Phi) is 30.0. The van der Waals surface area contributed by atoms with Crippen molar-refractivity contribution in [1.29, 1.82) is 0 Å². The Morgan fingerprint density at radius 3 is 1.11 bits per heavy atom. The molecule has 0 bridgehead atoms. The van der Waals surface area contributed by atoms with Gasteiger partial charge in [0, 0.05) is 0 Å². The van der Waals surface area contributed by atoms with Gasteiger partial charge in [-0.2, -0.15) is 13.2 Å². The number of rotatable bonds is 0. The standard InChI is InChI=1S/CHF3S.Cu.HI.2H2N/c2-1(3,4)5;;;;/h5H;;1H;2*1H2/q;+1;;2*-1/p-2. The van der Waals surface area contributed by atoms with Crippen LogP contribution in [0.4, 0.5) is 13.2 Å². The van der Waals surface area contributed by atoms with Crippen LogP contribution in [0, 0.1) is 0 Å². The molecule has 0 unspecified atom stereocenters. The SMILES string of the molecule is FC(F)(F)[S-].[Cu][I].[NH2-].[NH2-]. The molecule has 0 aromatic rings. The summed E-state index contributed by atoms with van der Waals surface area (Å²) in [5.41, 5.74) is -4.42. The maximum Gasteiger partial charge on any atom is -0.693 e. The molecule has 0 aliphatic carbocycles. The molecule has 0 atom stereocenters. The molecule has 0 radical (unpaired) electrons. The number of hydrogen-bond donors (Lipinski definition) is 0. The van der Waals surface area contributed by atoms with Gasteiger partial charge in [-0.3, -0.25) is 0 Å². The van der Waals surface area contributed by atoms with Crippen molar-refractivity contribution in [2.75, 3.05) is 0 Å². The van der Waals surface area contributed by atoms with Gasteiger partial charge in [0.1, 0.15) is 0 Å². The summed E-state index contributed by atoms with van der Waals surface area (Å²) in [5, 5.41) is 0. The molecule has 0 spiro atoms. The van der Waals surface area contributed by atoms with Crippen molar-refractivity contribution >= 4 is 33.0 Å². The first-order chi connectivity index (χ1) is 3.00. The van der Waals surface area contributed by atoms with Crippen LogP contribution in [0.3, 0.4) is 0 Å². The molecule has 66 valence electrons. The van der Waals surface area contributed by atoms with E-state index in [2.05, 4.69) is 25.4 Å². The molecule has 0 aliphatic heterocycles. The zero-order chi connectivity index (χ0) is 6.50. The topological polar surface area (TPSA) is 67.0 Å². The summed E-state index contributed by atoms with van der Waals surface area (Å²) in [5.74, 6) is 0. The average Bonchev–Trinajstić information content (AvgIpc) is 1.36. The van der Waals surface area contributed by atoms with E-state index in [1.54, 1.807) is 20.3 Å². The second-order valence-electron chi connectivity index (χ2n) is 0.446. The Bertz CT molecular complexity index is 37.3.